The van der Waals surface area contributed by atoms with Gasteiger partial charge in [0.15, 0.2) is 0 Å². The van der Waals surface area contributed by atoms with Gasteiger partial charge in [0.1, 0.15) is 5.75 Å². The maximum Gasteiger partial charge on any atom is 0.234 e. The summed E-state index contributed by atoms with van der Waals surface area (Å²) in [6.45, 7) is 3.51. The van der Waals surface area contributed by atoms with E-state index in [1.165, 1.54) is 7.11 Å². The van der Waals surface area contributed by atoms with Crippen LogP contribution in [0.1, 0.15) is 25.0 Å². The van der Waals surface area contributed by atoms with E-state index in [1.54, 1.807) is 30.3 Å². The molecule has 0 saturated carbocycles. The van der Waals surface area contributed by atoms with Crippen molar-refractivity contribution in [3.63, 3.8) is 0 Å². The average molecular weight is 334 g/mol. The third-order valence-corrected chi connectivity index (χ3v) is 4.06. The molecule has 0 aliphatic carbocycles. The number of benzene rings is 2. The fraction of sp³-hybridized carbons (Fsp3) is 0.278. The van der Waals surface area contributed by atoms with Gasteiger partial charge < -0.3 is 15.2 Å². The molecule has 0 unspecified atom stereocenters. The number of ether oxygens (including phenoxy) is 1. The molecule has 2 N–H and O–H groups in total. The fourth-order valence-corrected chi connectivity index (χ4v) is 2.47. The Morgan fingerprint density at radius 1 is 1.26 bits per heavy atom. The third-order valence-electron chi connectivity index (χ3n) is 3.82. The van der Waals surface area contributed by atoms with E-state index in [4.69, 9.17) is 16.3 Å². The lowest BCUT2D eigenvalue weighted by Crippen LogP contribution is -2.34. The average Bonchev–Trinajstić information content (AvgIpc) is 2.54. The van der Waals surface area contributed by atoms with Crippen LogP contribution in [0.4, 0.5) is 5.69 Å². The number of hydrogen-bond acceptors (Lipinski definition) is 3. The summed E-state index contributed by atoms with van der Waals surface area (Å²) in [6.07, 6.45) is 0. The van der Waals surface area contributed by atoms with Gasteiger partial charge in [-0.15, -0.1) is 0 Å². The van der Waals surface area contributed by atoms with Crippen molar-refractivity contribution in [2.45, 2.75) is 25.9 Å². The molecule has 0 aromatic heterocycles. The van der Waals surface area contributed by atoms with Crippen LogP contribution >= 0.6 is 11.6 Å². The normalized spacial score (nSPS) is 11.2. The predicted octanol–water partition coefficient (Wildman–Crippen LogP) is 3.76. The number of nitrogens with one attached hydrogen (secondary N) is 1. The van der Waals surface area contributed by atoms with Crippen molar-refractivity contribution in [2.24, 2.45) is 0 Å². The van der Waals surface area contributed by atoms with Gasteiger partial charge in [0, 0.05) is 16.3 Å². The second kappa shape index (κ2) is 7.02. The van der Waals surface area contributed by atoms with Crippen molar-refractivity contribution in [2.75, 3.05) is 12.4 Å². The fourth-order valence-electron chi connectivity index (χ4n) is 2.28. The molecule has 4 nitrogen and oxygen atoms in total. The monoisotopic (exact) mass is 333 g/mol. The molecule has 2 aromatic rings. The van der Waals surface area contributed by atoms with E-state index >= 15 is 0 Å². The minimum atomic E-state index is -0.746. The summed E-state index contributed by atoms with van der Waals surface area (Å²) in [6, 6.07) is 12.4. The van der Waals surface area contributed by atoms with Crippen molar-refractivity contribution in [3.05, 3.63) is 58.6 Å². The Hall–Kier alpha value is -2.04. The highest BCUT2D eigenvalue weighted by molar-refractivity contribution is 6.30. The lowest BCUT2D eigenvalue weighted by Gasteiger charge is -2.24. The number of carbonyl (C=O) groups excluding carboxylic acids is 1. The van der Waals surface area contributed by atoms with Crippen LogP contribution in [0.15, 0.2) is 42.5 Å². The zero-order chi connectivity index (χ0) is 17.0. The highest BCUT2D eigenvalue weighted by atomic mass is 35.5. The number of carbonyl (C=O) groups is 1. The summed E-state index contributed by atoms with van der Waals surface area (Å²) in [5.74, 6) is 0.424. The van der Waals surface area contributed by atoms with E-state index < -0.39 is 5.41 Å². The van der Waals surface area contributed by atoms with Gasteiger partial charge in [-0.2, -0.15) is 0 Å². The summed E-state index contributed by atoms with van der Waals surface area (Å²) in [7, 11) is 1.54. The molecule has 0 radical (unpaired) electrons. The molecule has 0 atom stereocenters. The molecule has 0 aliphatic heterocycles. The molecule has 0 bridgehead atoms. The van der Waals surface area contributed by atoms with E-state index in [2.05, 4.69) is 5.32 Å². The van der Waals surface area contributed by atoms with E-state index in [0.717, 1.165) is 5.56 Å². The first-order chi connectivity index (χ1) is 10.9. The summed E-state index contributed by atoms with van der Waals surface area (Å²) in [4.78, 5) is 12.7. The topological polar surface area (TPSA) is 58.6 Å². The highest BCUT2D eigenvalue weighted by Crippen LogP contribution is 2.28. The summed E-state index contributed by atoms with van der Waals surface area (Å²) in [5.41, 5.74) is 1.31. The zero-order valence-corrected chi connectivity index (χ0v) is 14.1. The van der Waals surface area contributed by atoms with Crippen molar-refractivity contribution < 1.29 is 14.6 Å². The van der Waals surface area contributed by atoms with Crippen LogP contribution in [-0.4, -0.2) is 18.1 Å². The molecule has 122 valence electrons. The molecular formula is C18H20ClNO3. The molecule has 1 amide bonds. The minimum Gasteiger partial charge on any atom is -0.496 e. The quantitative estimate of drug-likeness (QED) is 0.876. The second-order valence-electron chi connectivity index (χ2n) is 5.77. The van der Waals surface area contributed by atoms with E-state index in [1.807, 2.05) is 26.0 Å². The second-order valence-corrected chi connectivity index (χ2v) is 6.21. The summed E-state index contributed by atoms with van der Waals surface area (Å²) < 4.78 is 5.16. The van der Waals surface area contributed by atoms with Crippen molar-refractivity contribution >= 4 is 23.2 Å². The maximum absolute atomic E-state index is 12.7. The Kier molecular flexibility index (Phi) is 5.29. The van der Waals surface area contributed by atoms with Gasteiger partial charge >= 0.3 is 0 Å². The molecule has 0 heterocycles. The smallest absolute Gasteiger partial charge is 0.234 e. The van der Waals surface area contributed by atoms with Crippen molar-refractivity contribution in [1.82, 2.24) is 0 Å². The van der Waals surface area contributed by atoms with Crippen molar-refractivity contribution in [3.8, 4) is 5.75 Å². The van der Waals surface area contributed by atoms with Crippen LogP contribution in [0.5, 0.6) is 5.75 Å². The Balaban J connectivity index is 2.24. The lowest BCUT2D eigenvalue weighted by atomic mass is 9.83. The number of aliphatic hydroxyl groups is 1. The lowest BCUT2D eigenvalue weighted by molar-refractivity contribution is -0.120. The Bertz CT molecular complexity index is 713. The summed E-state index contributed by atoms with van der Waals surface area (Å²) in [5, 5.41) is 12.8. The van der Waals surface area contributed by atoms with E-state index in [9.17, 15) is 9.90 Å². The van der Waals surface area contributed by atoms with Crippen molar-refractivity contribution in [1.29, 1.82) is 0 Å². The summed E-state index contributed by atoms with van der Waals surface area (Å²) >= 11 is 6.02. The molecule has 0 saturated heterocycles. The van der Waals surface area contributed by atoms with Gasteiger partial charge in [0.25, 0.3) is 0 Å². The zero-order valence-electron chi connectivity index (χ0n) is 13.4. The molecule has 2 aromatic carbocycles. The van der Waals surface area contributed by atoms with E-state index in [0.29, 0.717) is 22.0 Å². The van der Waals surface area contributed by atoms with E-state index in [-0.39, 0.29) is 12.5 Å². The van der Waals surface area contributed by atoms with Gasteiger partial charge in [0.05, 0.1) is 19.1 Å². The molecule has 2 rings (SSSR count). The largest absolute Gasteiger partial charge is 0.496 e. The van der Waals surface area contributed by atoms with Crippen LogP contribution in [-0.2, 0) is 16.8 Å². The van der Waals surface area contributed by atoms with Crippen LogP contribution in [0.2, 0.25) is 5.02 Å². The Labute approximate surface area is 141 Å². The molecular weight excluding hydrogens is 314 g/mol. The van der Waals surface area contributed by atoms with Gasteiger partial charge in [-0.1, -0.05) is 23.7 Å². The first kappa shape index (κ1) is 17.3. The number of hydrogen-bond donors (Lipinski definition) is 2. The Morgan fingerprint density at radius 2 is 2.00 bits per heavy atom. The molecule has 0 aliphatic rings. The number of amides is 1. The van der Waals surface area contributed by atoms with Crippen LogP contribution in [0.3, 0.4) is 0 Å². The van der Waals surface area contributed by atoms with Gasteiger partial charge in [0.2, 0.25) is 5.91 Å². The number of methoxy groups -OCH3 is 1. The number of anilines is 1. The highest BCUT2D eigenvalue weighted by Gasteiger charge is 2.30. The Morgan fingerprint density at radius 3 is 2.61 bits per heavy atom. The standard InChI is InChI=1S/C18H20ClNO3/c1-18(2,13-5-4-6-14(19)10-13)17(22)20-15-7-8-16(23-3)12(9-15)11-21/h4-10,21H,11H2,1-3H3,(H,20,22). The maximum atomic E-state index is 12.7. The number of rotatable bonds is 5. The van der Waals surface area contributed by atoms with Crippen LogP contribution in [0.25, 0.3) is 0 Å². The first-order valence-corrected chi connectivity index (χ1v) is 7.61. The number of halogens is 1. The van der Waals surface area contributed by atoms with Gasteiger partial charge in [-0.25, -0.2) is 0 Å². The van der Waals surface area contributed by atoms with Crippen LogP contribution < -0.4 is 10.1 Å². The minimum absolute atomic E-state index is 0.158. The molecule has 5 heteroatoms. The molecule has 0 spiro atoms. The third kappa shape index (κ3) is 3.84. The van der Waals surface area contributed by atoms with Crippen LogP contribution in [0, 0.1) is 0 Å². The number of aliphatic hydroxyl groups excluding tert-OH is 1. The van der Waals surface area contributed by atoms with Gasteiger partial charge in [-0.3, -0.25) is 4.79 Å². The molecule has 0 fully saturated rings. The molecule has 23 heavy (non-hydrogen) atoms. The predicted molar refractivity (Wildman–Crippen MR) is 92.0 cm³/mol. The van der Waals surface area contributed by atoms with Gasteiger partial charge in [-0.05, 0) is 49.7 Å². The SMILES string of the molecule is COc1ccc(NC(=O)C(C)(C)c2cccc(Cl)c2)cc1CO. The first-order valence-electron chi connectivity index (χ1n) is 7.23.